The Kier molecular flexibility index (Phi) is 3.15. The van der Waals surface area contributed by atoms with Crippen molar-refractivity contribution in [2.45, 2.75) is 39.5 Å². The van der Waals surface area contributed by atoms with Crippen LogP contribution in [0.1, 0.15) is 44.4 Å². The largest absolute Gasteiger partial charge is 0.0906 e. The molecule has 1 aromatic rings. The van der Waals surface area contributed by atoms with E-state index in [0.29, 0.717) is 0 Å². The van der Waals surface area contributed by atoms with Crippen LogP contribution in [0, 0.1) is 6.08 Å². The lowest BCUT2D eigenvalue weighted by atomic mass is 9.85. The Balaban J connectivity index is 3.24. The third-order valence-corrected chi connectivity index (χ3v) is 2.47. The maximum absolute atomic E-state index is 3.70. The Morgan fingerprint density at radius 3 is 2.29 bits per heavy atom. The average Bonchev–Trinajstić information content (AvgIpc) is 2.15. The zero-order chi connectivity index (χ0) is 10.8. The fourth-order valence-electron chi connectivity index (χ4n) is 1.43. The second kappa shape index (κ2) is 4.00. The Bertz CT molecular complexity index is 326. The molecule has 0 aliphatic heterocycles. The molecule has 0 bridgehead atoms. The van der Waals surface area contributed by atoms with E-state index in [-0.39, 0.29) is 5.41 Å². The molecule has 0 saturated heterocycles. The molecular formula is C14H19. The number of benzene rings is 1. The van der Waals surface area contributed by atoms with Crippen LogP contribution in [0.2, 0.25) is 0 Å². The maximum Gasteiger partial charge on any atom is -0.0132 e. The fourth-order valence-corrected chi connectivity index (χ4v) is 1.43. The standard InChI is InChI=1S/C14H19/c1-6-11-8-12(7-2)10-13(9-11)14(3,4)5/h8-10H,1,7H2,2-5H3. The summed E-state index contributed by atoms with van der Waals surface area (Å²) in [5, 5.41) is 0. The molecule has 0 N–H and O–H groups in total. The molecule has 0 aliphatic carbocycles. The van der Waals surface area contributed by atoms with E-state index in [9.17, 15) is 0 Å². The Labute approximate surface area is 87.7 Å². The lowest BCUT2D eigenvalue weighted by molar-refractivity contribution is 0.589. The summed E-state index contributed by atoms with van der Waals surface area (Å²) in [6.45, 7) is 12.6. The highest BCUT2D eigenvalue weighted by Gasteiger charge is 2.14. The van der Waals surface area contributed by atoms with E-state index in [1.165, 1.54) is 11.1 Å². The minimum absolute atomic E-state index is 0.205. The molecular weight excluding hydrogens is 168 g/mol. The highest BCUT2D eigenvalue weighted by Crippen LogP contribution is 2.24. The van der Waals surface area contributed by atoms with Gasteiger partial charge in [-0.1, -0.05) is 52.5 Å². The summed E-state index contributed by atoms with van der Waals surface area (Å²) in [5.41, 5.74) is 4.04. The number of hydrogen-bond acceptors (Lipinski definition) is 0. The molecule has 0 heteroatoms. The first-order chi connectivity index (χ1) is 6.47. The van der Waals surface area contributed by atoms with Gasteiger partial charge in [0, 0.05) is 0 Å². The van der Waals surface area contributed by atoms with Gasteiger partial charge in [0.1, 0.15) is 0 Å². The van der Waals surface area contributed by atoms with E-state index in [0.717, 1.165) is 12.0 Å². The fraction of sp³-hybridized carbons (Fsp3) is 0.429. The summed E-state index contributed by atoms with van der Waals surface area (Å²) < 4.78 is 0. The normalized spacial score (nSPS) is 11.4. The second-order valence-electron chi connectivity index (χ2n) is 4.70. The average molecular weight is 187 g/mol. The van der Waals surface area contributed by atoms with Crippen molar-refractivity contribution in [1.82, 2.24) is 0 Å². The van der Waals surface area contributed by atoms with E-state index in [1.54, 1.807) is 0 Å². The van der Waals surface area contributed by atoms with Crippen molar-refractivity contribution in [3.8, 4) is 0 Å². The van der Waals surface area contributed by atoms with Gasteiger partial charge in [-0.15, -0.1) is 0 Å². The first kappa shape index (κ1) is 11.0. The molecule has 75 valence electrons. The quantitative estimate of drug-likeness (QED) is 0.659. The summed E-state index contributed by atoms with van der Waals surface area (Å²) in [6, 6.07) is 6.61. The third-order valence-electron chi connectivity index (χ3n) is 2.47. The van der Waals surface area contributed by atoms with Crippen molar-refractivity contribution in [2.24, 2.45) is 0 Å². The number of hydrogen-bond donors (Lipinski definition) is 0. The first-order valence-corrected chi connectivity index (χ1v) is 5.15. The number of aryl methyl sites for hydroxylation is 1. The molecule has 0 unspecified atom stereocenters. The van der Waals surface area contributed by atoms with E-state index in [4.69, 9.17) is 0 Å². The van der Waals surface area contributed by atoms with Crippen LogP contribution >= 0.6 is 0 Å². The lowest BCUT2D eigenvalue weighted by Crippen LogP contribution is -2.11. The van der Waals surface area contributed by atoms with Crippen LogP contribution in [-0.2, 0) is 11.8 Å². The molecule has 1 aromatic carbocycles. The molecule has 0 fully saturated rings. The van der Waals surface area contributed by atoms with Crippen molar-refractivity contribution in [3.05, 3.63) is 47.5 Å². The van der Waals surface area contributed by atoms with Gasteiger partial charge in [-0.2, -0.15) is 0 Å². The topological polar surface area (TPSA) is 0 Å². The maximum atomic E-state index is 3.70. The molecule has 14 heavy (non-hydrogen) atoms. The van der Waals surface area contributed by atoms with E-state index >= 15 is 0 Å². The number of rotatable bonds is 2. The highest BCUT2D eigenvalue weighted by atomic mass is 14.2. The van der Waals surface area contributed by atoms with E-state index < -0.39 is 0 Å². The van der Waals surface area contributed by atoms with Gasteiger partial charge in [0.25, 0.3) is 0 Å². The summed E-state index contributed by atoms with van der Waals surface area (Å²) >= 11 is 0. The Morgan fingerprint density at radius 2 is 1.86 bits per heavy atom. The van der Waals surface area contributed by atoms with Gasteiger partial charge >= 0.3 is 0 Å². The van der Waals surface area contributed by atoms with Gasteiger partial charge in [-0.05, 0) is 34.6 Å². The summed E-state index contributed by atoms with van der Waals surface area (Å²) in [7, 11) is 0. The lowest BCUT2D eigenvalue weighted by Gasteiger charge is -2.20. The predicted molar refractivity (Wildman–Crippen MR) is 62.5 cm³/mol. The van der Waals surface area contributed by atoms with Crippen molar-refractivity contribution < 1.29 is 0 Å². The summed E-state index contributed by atoms with van der Waals surface area (Å²) in [6.07, 6.45) is 4.03. The summed E-state index contributed by atoms with van der Waals surface area (Å²) in [5.74, 6) is 0. The third kappa shape index (κ3) is 2.47. The van der Waals surface area contributed by atoms with E-state index in [2.05, 4.69) is 58.5 Å². The minimum atomic E-state index is 0.205. The zero-order valence-corrected chi connectivity index (χ0v) is 9.65. The Hall–Kier alpha value is -1.04. The van der Waals surface area contributed by atoms with Crippen molar-refractivity contribution in [2.75, 3.05) is 0 Å². The van der Waals surface area contributed by atoms with Gasteiger partial charge < -0.3 is 0 Å². The second-order valence-corrected chi connectivity index (χ2v) is 4.70. The molecule has 0 saturated carbocycles. The van der Waals surface area contributed by atoms with Gasteiger partial charge in [0.15, 0.2) is 0 Å². The molecule has 1 rings (SSSR count). The van der Waals surface area contributed by atoms with Crippen LogP contribution in [0.25, 0.3) is 0 Å². The van der Waals surface area contributed by atoms with Crippen LogP contribution in [0.15, 0.2) is 24.8 Å². The van der Waals surface area contributed by atoms with Crippen LogP contribution in [0.3, 0.4) is 0 Å². The van der Waals surface area contributed by atoms with Crippen molar-refractivity contribution in [3.63, 3.8) is 0 Å². The molecule has 1 radical (unpaired) electrons. The molecule has 0 nitrogen and oxygen atoms in total. The van der Waals surface area contributed by atoms with Gasteiger partial charge in [0.2, 0.25) is 0 Å². The molecule has 0 aliphatic rings. The highest BCUT2D eigenvalue weighted by molar-refractivity contribution is 5.36. The SMILES string of the molecule is C=[C]c1cc(CC)cc(C(C)(C)C)c1. The van der Waals surface area contributed by atoms with Gasteiger partial charge in [-0.25, -0.2) is 0 Å². The first-order valence-electron chi connectivity index (χ1n) is 5.15. The van der Waals surface area contributed by atoms with Gasteiger partial charge in [0.05, 0.1) is 0 Å². The van der Waals surface area contributed by atoms with Crippen LogP contribution in [0.5, 0.6) is 0 Å². The van der Waals surface area contributed by atoms with Crippen LogP contribution in [-0.4, -0.2) is 0 Å². The van der Waals surface area contributed by atoms with Crippen molar-refractivity contribution >= 4 is 0 Å². The molecule has 0 heterocycles. The van der Waals surface area contributed by atoms with Gasteiger partial charge in [-0.3, -0.25) is 0 Å². The smallest absolute Gasteiger partial charge is 0.0132 e. The Morgan fingerprint density at radius 1 is 1.21 bits per heavy atom. The van der Waals surface area contributed by atoms with Crippen LogP contribution < -0.4 is 0 Å². The predicted octanol–water partition coefficient (Wildman–Crippen LogP) is 3.88. The van der Waals surface area contributed by atoms with Crippen LogP contribution in [0.4, 0.5) is 0 Å². The minimum Gasteiger partial charge on any atom is -0.0906 e. The molecule has 0 atom stereocenters. The zero-order valence-electron chi connectivity index (χ0n) is 9.65. The monoisotopic (exact) mass is 187 g/mol. The van der Waals surface area contributed by atoms with E-state index in [1.807, 2.05) is 0 Å². The molecule has 0 amide bonds. The summed E-state index contributed by atoms with van der Waals surface area (Å²) in [4.78, 5) is 0. The van der Waals surface area contributed by atoms with Crippen molar-refractivity contribution in [1.29, 1.82) is 0 Å². The molecule has 0 aromatic heterocycles. The molecule has 0 spiro atoms.